The van der Waals surface area contributed by atoms with Crippen LogP contribution in [0.5, 0.6) is 0 Å². The molecule has 0 radical (unpaired) electrons. The fraction of sp³-hybridized carbons (Fsp3) is 0.842. The van der Waals surface area contributed by atoms with E-state index in [1.165, 1.54) is 89.2 Å². The van der Waals surface area contributed by atoms with Crippen molar-refractivity contribution in [3.8, 4) is 0 Å². The lowest BCUT2D eigenvalue weighted by Crippen LogP contribution is -2.28. The molecular weight excluding hydrogens is 552 g/mol. The summed E-state index contributed by atoms with van der Waals surface area (Å²) in [7, 11) is 0. The minimum absolute atomic E-state index is 0.276. The van der Waals surface area contributed by atoms with Gasteiger partial charge >= 0.3 is 11.9 Å². The van der Waals surface area contributed by atoms with E-state index in [0.29, 0.717) is 48.7 Å². The van der Waals surface area contributed by atoms with Crippen LogP contribution in [0.15, 0.2) is 25.3 Å². The molecule has 0 aromatic carbocycles. The average Bonchev–Trinajstić information content (AvgIpc) is 3.87. The SMILES string of the molecule is C=CC(=O)OCC1CC2CC1C1CC(COCC3CCCC(COCC4CC5C6CC(COC(=O)C=C)C(C6)C5C4)C3)CC21. The van der Waals surface area contributed by atoms with Crippen LogP contribution in [0.4, 0.5) is 0 Å². The van der Waals surface area contributed by atoms with Crippen LogP contribution in [0.3, 0.4) is 0 Å². The summed E-state index contributed by atoms with van der Waals surface area (Å²) >= 11 is 0. The lowest BCUT2D eigenvalue weighted by Gasteiger charge is -2.31. The van der Waals surface area contributed by atoms with E-state index >= 15 is 0 Å². The second-order valence-electron chi connectivity index (χ2n) is 16.3. The monoisotopic (exact) mass is 608 g/mol. The van der Waals surface area contributed by atoms with Crippen molar-refractivity contribution >= 4 is 11.9 Å². The van der Waals surface area contributed by atoms with Gasteiger partial charge in [-0.3, -0.25) is 0 Å². The zero-order chi connectivity index (χ0) is 30.2. The normalized spacial score (nSPS) is 44.8. The van der Waals surface area contributed by atoms with Crippen LogP contribution < -0.4 is 0 Å². The molecule has 7 aliphatic rings. The van der Waals surface area contributed by atoms with Crippen molar-refractivity contribution in [2.45, 2.75) is 77.0 Å². The summed E-state index contributed by atoms with van der Waals surface area (Å²) in [5.74, 6) is 9.95. The first-order valence-electron chi connectivity index (χ1n) is 18.2. The second kappa shape index (κ2) is 13.6. The van der Waals surface area contributed by atoms with Crippen LogP contribution >= 0.6 is 0 Å². The molecule has 6 heteroatoms. The second-order valence-corrected chi connectivity index (χ2v) is 16.3. The largest absolute Gasteiger partial charge is 0.462 e. The predicted octanol–water partition coefficient (Wildman–Crippen LogP) is 6.88. The molecule has 6 nitrogen and oxygen atoms in total. The molecule has 4 bridgehead atoms. The summed E-state index contributed by atoms with van der Waals surface area (Å²) in [4.78, 5) is 23.1. The van der Waals surface area contributed by atoms with Crippen molar-refractivity contribution in [2.75, 3.05) is 39.6 Å². The van der Waals surface area contributed by atoms with Crippen LogP contribution in [0.2, 0.25) is 0 Å². The minimum atomic E-state index is -0.276. The van der Waals surface area contributed by atoms with Crippen molar-refractivity contribution in [3.05, 3.63) is 25.3 Å². The summed E-state index contributed by atoms with van der Waals surface area (Å²) in [5, 5.41) is 0. The van der Waals surface area contributed by atoms with Gasteiger partial charge in [0.25, 0.3) is 0 Å². The number of esters is 2. The molecule has 0 heterocycles. The number of ether oxygens (including phenoxy) is 4. The Morgan fingerprint density at radius 2 is 0.932 bits per heavy atom. The Hall–Kier alpha value is -1.66. The topological polar surface area (TPSA) is 71.1 Å². The van der Waals surface area contributed by atoms with Crippen LogP contribution in [0.25, 0.3) is 0 Å². The molecule has 44 heavy (non-hydrogen) atoms. The summed E-state index contributed by atoms with van der Waals surface area (Å²) in [6, 6.07) is 0. The van der Waals surface area contributed by atoms with Gasteiger partial charge in [-0.25, -0.2) is 9.59 Å². The molecule has 244 valence electrons. The molecule has 0 spiro atoms. The van der Waals surface area contributed by atoms with Gasteiger partial charge in [0, 0.05) is 38.6 Å². The minimum Gasteiger partial charge on any atom is -0.462 e. The third kappa shape index (κ3) is 6.46. The number of fused-ring (bicyclic) bond motifs is 10. The Kier molecular flexibility index (Phi) is 9.57. The zero-order valence-corrected chi connectivity index (χ0v) is 26.8. The molecule has 14 unspecified atom stereocenters. The third-order valence-corrected chi connectivity index (χ3v) is 13.9. The summed E-state index contributed by atoms with van der Waals surface area (Å²) in [5.41, 5.74) is 0. The van der Waals surface area contributed by atoms with Crippen LogP contribution in [-0.2, 0) is 28.5 Å². The highest BCUT2D eigenvalue weighted by molar-refractivity contribution is 5.81. The van der Waals surface area contributed by atoms with Gasteiger partial charge in [0.1, 0.15) is 0 Å². The van der Waals surface area contributed by atoms with Gasteiger partial charge in [-0.05, 0) is 153 Å². The van der Waals surface area contributed by atoms with E-state index in [1.54, 1.807) is 0 Å². The fourth-order valence-electron chi connectivity index (χ4n) is 12.3. The Labute approximate surface area is 265 Å². The molecule has 7 saturated carbocycles. The molecule has 0 saturated heterocycles. The number of hydrogen-bond acceptors (Lipinski definition) is 6. The van der Waals surface area contributed by atoms with Crippen molar-refractivity contribution in [3.63, 3.8) is 0 Å². The van der Waals surface area contributed by atoms with Gasteiger partial charge in [-0.15, -0.1) is 0 Å². The third-order valence-electron chi connectivity index (χ3n) is 13.9. The molecule has 0 N–H and O–H groups in total. The molecular formula is C38H56O6. The van der Waals surface area contributed by atoms with Crippen LogP contribution in [0, 0.1) is 82.9 Å². The van der Waals surface area contributed by atoms with Crippen molar-refractivity contribution in [1.82, 2.24) is 0 Å². The Bertz CT molecular complexity index is 976. The number of hydrogen-bond donors (Lipinski definition) is 0. The lowest BCUT2D eigenvalue weighted by atomic mass is 9.76. The molecule has 7 aliphatic carbocycles. The molecule has 0 aromatic heterocycles. The Balaban J connectivity index is 0.774. The highest BCUT2D eigenvalue weighted by Gasteiger charge is 2.57. The first-order chi connectivity index (χ1) is 21.5. The van der Waals surface area contributed by atoms with Crippen molar-refractivity contribution in [2.24, 2.45) is 82.9 Å². The summed E-state index contributed by atoms with van der Waals surface area (Å²) < 4.78 is 23.7. The highest BCUT2D eigenvalue weighted by Crippen LogP contribution is 2.63. The number of carbonyl (C=O) groups excluding carboxylic acids is 2. The van der Waals surface area contributed by atoms with E-state index in [0.717, 1.165) is 73.8 Å². The maximum atomic E-state index is 11.6. The standard InChI is InChI=1S/C38H56O6/c1-3-37(39)43-21-29-13-27-15-33(29)35-11-25(9-31(27)35)19-41-17-23-6-5-7-24(8-23)18-42-20-26-10-32-28-14-30(22-44-38(40)4-2)34(16-28)36(32)12-26/h3-4,23-36H,1-2,5-22H2. The molecule has 7 fully saturated rings. The van der Waals surface area contributed by atoms with Gasteiger partial charge < -0.3 is 18.9 Å². The summed E-state index contributed by atoms with van der Waals surface area (Å²) in [6.07, 6.45) is 18.3. The lowest BCUT2D eigenvalue weighted by molar-refractivity contribution is -0.140. The van der Waals surface area contributed by atoms with Crippen molar-refractivity contribution in [1.29, 1.82) is 0 Å². The van der Waals surface area contributed by atoms with E-state index in [-0.39, 0.29) is 11.9 Å². The summed E-state index contributed by atoms with van der Waals surface area (Å²) in [6.45, 7) is 12.0. The van der Waals surface area contributed by atoms with Gasteiger partial charge in [-0.1, -0.05) is 19.6 Å². The molecule has 0 amide bonds. The number of rotatable bonds is 14. The van der Waals surface area contributed by atoms with Crippen LogP contribution in [-0.4, -0.2) is 51.6 Å². The Morgan fingerprint density at radius 3 is 1.39 bits per heavy atom. The molecule has 0 aliphatic heterocycles. The average molecular weight is 609 g/mol. The van der Waals surface area contributed by atoms with E-state index < -0.39 is 0 Å². The van der Waals surface area contributed by atoms with Crippen LogP contribution in [0.1, 0.15) is 77.0 Å². The zero-order valence-electron chi connectivity index (χ0n) is 26.8. The maximum Gasteiger partial charge on any atom is 0.330 e. The van der Waals surface area contributed by atoms with E-state index in [9.17, 15) is 9.59 Å². The molecule has 7 rings (SSSR count). The number of carbonyl (C=O) groups is 2. The van der Waals surface area contributed by atoms with E-state index in [2.05, 4.69) is 13.2 Å². The van der Waals surface area contributed by atoms with Crippen molar-refractivity contribution < 1.29 is 28.5 Å². The van der Waals surface area contributed by atoms with E-state index in [4.69, 9.17) is 18.9 Å². The van der Waals surface area contributed by atoms with Gasteiger partial charge in [0.2, 0.25) is 0 Å². The van der Waals surface area contributed by atoms with Gasteiger partial charge in [0.05, 0.1) is 13.2 Å². The maximum absolute atomic E-state index is 11.6. The first kappa shape index (κ1) is 31.0. The smallest absolute Gasteiger partial charge is 0.330 e. The highest BCUT2D eigenvalue weighted by atomic mass is 16.5. The van der Waals surface area contributed by atoms with Gasteiger partial charge in [-0.2, -0.15) is 0 Å². The first-order valence-corrected chi connectivity index (χ1v) is 18.2. The fourth-order valence-corrected chi connectivity index (χ4v) is 12.3. The quantitative estimate of drug-likeness (QED) is 0.158. The Morgan fingerprint density at radius 1 is 0.500 bits per heavy atom. The molecule has 0 aromatic rings. The predicted molar refractivity (Wildman–Crippen MR) is 168 cm³/mol. The molecule has 14 atom stereocenters. The van der Waals surface area contributed by atoms with E-state index in [1.807, 2.05) is 0 Å². The van der Waals surface area contributed by atoms with Gasteiger partial charge in [0.15, 0.2) is 0 Å².